The van der Waals surface area contributed by atoms with E-state index >= 15 is 0 Å². The van der Waals surface area contributed by atoms with E-state index in [1.54, 1.807) is 49.4 Å². The fourth-order valence-electron chi connectivity index (χ4n) is 3.31. The number of nitrogens with zero attached hydrogens (tertiary/aromatic N) is 2. The van der Waals surface area contributed by atoms with E-state index in [0.29, 0.717) is 31.2 Å². The predicted octanol–water partition coefficient (Wildman–Crippen LogP) is 6.30. The first-order chi connectivity index (χ1) is 16.6. The number of benzene rings is 3. The molecule has 176 valence electrons. The maximum atomic E-state index is 12.5. The average Bonchev–Trinajstić information content (AvgIpc) is 3.16. The monoisotopic (exact) mass is 598 g/mol. The molecule has 0 aliphatic carbocycles. The van der Waals surface area contributed by atoms with Gasteiger partial charge in [0.25, 0.3) is 5.69 Å². The number of carbonyl (C=O) groups is 2. The molecule has 1 aliphatic rings. The second-order valence-electron chi connectivity index (χ2n) is 7.67. The van der Waals surface area contributed by atoms with Crippen LogP contribution in [0, 0.1) is 24.0 Å². The highest BCUT2D eigenvalue weighted by molar-refractivity contribution is 9.11. The molecule has 0 unspecified atom stereocenters. The molecule has 0 amide bonds. The molecule has 0 saturated heterocycles. The summed E-state index contributed by atoms with van der Waals surface area (Å²) in [6, 6.07) is 14.9. The van der Waals surface area contributed by atoms with Crippen LogP contribution in [-0.4, -0.2) is 22.8 Å². The largest absolute Gasteiger partial charge is 0.421 e. The van der Waals surface area contributed by atoms with E-state index in [1.807, 2.05) is 13.0 Å². The van der Waals surface area contributed by atoms with Gasteiger partial charge in [-0.1, -0.05) is 23.8 Å². The zero-order valence-corrected chi connectivity index (χ0v) is 21.5. The van der Waals surface area contributed by atoms with Gasteiger partial charge in [-0.25, -0.2) is 14.6 Å². The molecular weight excluding hydrogens is 584 g/mol. The molecule has 3 aromatic carbocycles. The summed E-state index contributed by atoms with van der Waals surface area (Å²) in [5.74, 6) is -0.942. The number of rotatable bonds is 5. The van der Waals surface area contributed by atoms with Gasteiger partial charge >= 0.3 is 11.9 Å². The van der Waals surface area contributed by atoms with Crippen molar-refractivity contribution in [2.75, 3.05) is 0 Å². The van der Waals surface area contributed by atoms with E-state index in [4.69, 9.17) is 9.47 Å². The number of halogens is 2. The molecule has 4 rings (SSSR count). The average molecular weight is 600 g/mol. The Kier molecular flexibility index (Phi) is 6.95. The zero-order chi connectivity index (χ0) is 25.3. The SMILES string of the molecule is Cc1cccc(C(=O)Oc2c(Br)cc(/C=C3\N=C(c4ccc(C)c([N+](=O)[O-])c4)OC3=O)cc2Br)c1. The highest BCUT2D eigenvalue weighted by Gasteiger charge is 2.26. The molecule has 8 nitrogen and oxygen atoms in total. The number of nitro benzene ring substituents is 1. The third-order valence-electron chi connectivity index (χ3n) is 5.05. The summed E-state index contributed by atoms with van der Waals surface area (Å²) in [7, 11) is 0. The maximum absolute atomic E-state index is 12.5. The number of hydrogen-bond donors (Lipinski definition) is 0. The molecule has 35 heavy (non-hydrogen) atoms. The summed E-state index contributed by atoms with van der Waals surface area (Å²) in [4.78, 5) is 39.8. The number of hydrogen-bond acceptors (Lipinski definition) is 7. The first kappa shape index (κ1) is 24.5. The maximum Gasteiger partial charge on any atom is 0.363 e. The smallest absolute Gasteiger partial charge is 0.363 e. The van der Waals surface area contributed by atoms with E-state index < -0.39 is 16.9 Å². The first-order valence-corrected chi connectivity index (χ1v) is 11.8. The highest BCUT2D eigenvalue weighted by atomic mass is 79.9. The minimum absolute atomic E-state index is 0.0199. The van der Waals surface area contributed by atoms with Crippen LogP contribution in [0.1, 0.15) is 32.6 Å². The van der Waals surface area contributed by atoms with Crippen molar-refractivity contribution in [1.82, 2.24) is 0 Å². The number of esters is 2. The number of aliphatic imine (C=N–C) groups is 1. The van der Waals surface area contributed by atoms with Crippen molar-refractivity contribution in [3.63, 3.8) is 0 Å². The van der Waals surface area contributed by atoms with Crippen molar-refractivity contribution in [1.29, 1.82) is 0 Å². The first-order valence-electron chi connectivity index (χ1n) is 10.2. The number of carbonyl (C=O) groups excluding carboxylic acids is 2. The summed E-state index contributed by atoms with van der Waals surface area (Å²) in [5.41, 5.74) is 2.65. The van der Waals surface area contributed by atoms with Crippen molar-refractivity contribution >= 4 is 61.5 Å². The number of nitro groups is 1. The van der Waals surface area contributed by atoms with Crippen LogP contribution < -0.4 is 4.74 Å². The standard InChI is InChI=1S/C25H16Br2N2O6/c1-13-4-3-5-17(8-13)24(30)34-22-18(26)9-15(10-19(22)27)11-20-25(31)35-23(28-20)16-7-6-14(2)21(12-16)29(32)33/h3-12H,1-2H3/b20-11-. The lowest BCUT2D eigenvalue weighted by Gasteiger charge is -2.10. The Morgan fingerprint density at radius 1 is 1.09 bits per heavy atom. The third kappa shape index (κ3) is 5.39. The van der Waals surface area contributed by atoms with Crippen LogP contribution in [0.15, 0.2) is 74.2 Å². The van der Waals surface area contributed by atoms with E-state index in [0.717, 1.165) is 5.56 Å². The molecule has 1 heterocycles. The minimum Gasteiger partial charge on any atom is -0.421 e. The molecule has 0 saturated carbocycles. The Balaban J connectivity index is 1.61. The summed E-state index contributed by atoms with van der Waals surface area (Å²) in [5, 5.41) is 11.2. The van der Waals surface area contributed by atoms with Gasteiger partial charge in [0.15, 0.2) is 11.4 Å². The number of ether oxygens (including phenoxy) is 2. The Bertz CT molecular complexity index is 1440. The second kappa shape index (κ2) is 9.93. The molecule has 1 aliphatic heterocycles. The number of cyclic esters (lactones) is 1. The second-order valence-corrected chi connectivity index (χ2v) is 9.38. The van der Waals surface area contributed by atoms with Crippen LogP contribution in [0.3, 0.4) is 0 Å². The Morgan fingerprint density at radius 2 is 1.80 bits per heavy atom. The van der Waals surface area contributed by atoms with Gasteiger partial charge in [0.05, 0.1) is 19.4 Å². The van der Waals surface area contributed by atoms with Gasteiger partial charge in [-0.3, -0.25) is 10.1 Å². The zero-order valence-electron chi connectivity index (χ0n) is 18.4. The van der Waals surface area contributed by atoms with Crippen LogP contribution in [0.2, 0.25) is 0 Å². The minimum atomic E-state index is -0.689. The van der Waals surface area contributed by atoms with Gasteiger partial charge in [0.2, 0.25) is 5.90 Å². The van der Waals surface area contributed by atoms with Crippen LogP contribution in [-0.2, 0) is 9.53 Å². The third-order valence-corrected chi connectivity index (χ3v) is 6.22. The molecule has 3 aromatic rings. The number of aryl methyl sites for hydroxylation is 2. The van der Waals surface area contributed by atoms with Gasteiger partial charge in [-0.2, -0.15) is 0 Å². The summed E-state index contributed by atoms with van der Waals surface area (Å²) in [6.07, 6.45) is 1.50. The molecule has 0 N–H and O–H groups in total. The van der Waals surface area contributed by atoms with Crippen LogP contribution in [0.5, 0.6) is 5.75 Å². The van der Waals surface area contributed by atoms with E-state index in [2.05, 4.69) is 36.9 Å². The molecule has 0 bridgehead atoms. The topological polar surface area (TPSA) is 108 Å². The Labute approximate surface area is 216 Å². The molecular formula is C25H16Br2N2O6. The van der Waals surface area contributed by atoms with Crippen LogP contribution >= 0.6 is 31.9 Å². The van der Waals surface area contributed by atoms with Gasteiger partial charge in [-0.05, 0) is 87.7 Å². The lowest BCUT2D eigenvalue weighted by atomic mass is 10.1. The predicted molar refractivity (Wildman–Crippen MR) is 136 cm³/mol. The van der Waals surface area contributed by atoms with Crippen molar-refractivity contribution in [2.24, 2.45) is 4.99 Å². The summed E-state index contributed by atoms with van der Waals surface area (Å²) < 4.78 is 11.7. The molecule has 0 fully saturated rings. The van der Waals surface area contributed by atoms with Crippen molar-refractivity contribution < 1.29 is 24.0 Å². The molecule has 0 radical (unpaired) electrons. The van der Waals surface area contributed by atoms with Crippen LogP contribution in [0.4, 0.5) is 5.69 Å². The van der Waals surface area contributed by atoms with Gasteiger partial charge in [0.1, 0.15) is 0 Å². The van der Waals surface area contributed by atoms with Gasteiger partial charge in [0, 0.05) is 17.2 Å². The lowest BCUT2D eigenvalue weighted by Crippen LogP contribution is -2.09. The molecule has 10 heteroatoms. The summed E-state index contributed by atoms with van der Waals surface area (Å²) >= 11 is 6.81. The fraction of sp³-hybridized carbons (Fsp3) is 0.0800. The Hall–Kier alpha value is -3.63. The lowest BCUT2D eigenvalue weighted by molar-refractivity contribution is -0.385. The quantitative estimate of drug-likeness (QED) is 0.112. The fourth-order valence-corrected chi connectivity index (χ4v) is 4.70. The Morgan fingerprint density at radius 3 is 2.46 bits per heavy atom. The molecule has 0 aromatic heterocycles. The highest BCUT2D eigenvalue weighted by Crippen LogP contribution is 2.36. The van der Waals surface area contributed by atoms with Crippen LogP contribution in [0.25, 0.3) is 6.08 Å². The van der Waals surface area contributed by atoms with Gasteiger partial charge in [-0.15, -0.1) is 0 Å². The summed E-state index contributed by atoms with van der Waals surface area (Å²) in [6.45, 7) is 3.50. The van der Waals surface area contributed by atoms with E-state index in [1.165, 1.54) is 12.1 Å². The van der Waals surface area contributed by atoms with Crippen molar-refractivity contribution in [3.05, 3.63) is 107 Å². The van der Waals surface area contributed by atoms with E-state index in [9.17, 15) is 19.7 Å². The van der Waals surface area contributed by atoms with Gasteiger partial charge < -0.3 is 9.47 Å². The van der Waals surface area contributed by atoms with Crippen molar-refractivity contribution in [2.45, 2.75) is 13.8 Å². The molecule has 0 spiro atoms. The van der Waals surface area contributed by atoms with Crippen molar-refractivity contribution in [3.8, 4) is 5.75 Å². The van der Waals surface area contributed by atoms with E-state index in [-0.39, 0.29) is 23.0 Å². The normalized spacial score (nSPS) is 14.0. The molecule has 0 atom stereocenters.